The van der Waals surface area contributed by atoms with Crippen LogP contribution in [0.1, 0.15) is 19.4 Å². The largest absolute Gasteiger partial charge is 0.259 e. The number of allylic oxidation sites excluding steroid dienone is 1. The molecule has 80 valence electrons. The standard InChI is InChI=1S/C11H12ClNO2/c1-8(2)11(13(14)15)7-9-3-5-10(12)6-4-9/h3-8H,1-2H3/b11-7-. The van der Waals surface area contributed by atoms with E-state index < -0.39 is 0 Å². The summed E-state index contributed by atoms with van der Waals surface area (Å²) in [6, 6.07) is 6.94. The first kappa shape index (κ1) is 11.7. The molecule has 3 nitrogen and oxygen atoms in total. The highest BCUT2D eigenvalue weighted by Crippen LogP contribution is 2.17. The molecular weight excluding hydrogens is 214 g/mol. The minimum Gasteiger partial charge on any atom is -0.259 e. The summed E-state index contributed by atoms with van der Waals surface area (Å²) in [5.74, 6) is -0.101. The van der Waals surface area contributed by atoms with Gasteiger partial charge < -0.3 is 0 Å². The lowest BCUT2D eigenvalue weighted by molar-refractivity contribution is -0.431. The maximum absolute atomic E-state index is 10.7. The molecule has 0 aliphatic rings. The molecule has 0 N–H and O–H groups in total. The van der Waals surface area contributed by atoms with Gasteiger partial charge in [-0.25, -0.2) is 0 Å². The van der Waals surface area contributed by atoms with Gasteiger partial charge in [0.15, 0.2) is 0 Å². The fourth-order valence-corrected chi connectivity index (χ4v) is 1.29. The Morgan fingerprint density at radius 1 is 1.40 bits per heavy atom. The zero-order valence-corrected chi connectivity index (χ0v) is 9.36. The molecule has 0 fully saturated rings. The highest BCUT2D eigenvalue weighted by molar-refractivity contribution is 6.30. The van der Waals surface area contributed by atoms with Crippen LogP contribution < -0.4 is 0 Å². The van der Waals surface area contributed by atoms with E-state index in [1.807, 2.05) is 0 Å². The molecular formula is C11H12ClNO2. The fraction of sp³-hybridized carbons (Fsp3) is 0.273. The van der Waals surface area contributed by atoms with Gasteiger partial charge in [-0.05, 0) is 17.7 Å². The van der Waals surface area contributed by atoms with Crippen molar-refractivity contribution in [3.63, 3.8) is 0 Å². The first-order chi connectivity index (χ1) is 7.00. The SMILES string of the molecule is CC(C)/C(=C/c1ccc(Cl)cc1)[N+](=O)[O-]. The third kappa shape index (κ3) is 3.36. The molecule has 0 spiro atoms. The topological polar surface area (TPSA) is 43.1 Å². The van der Waals surface area contributed by atoms with E-state index in [9.17, 15) is 10.1 Å². The number of rotatable bonds is 3. The molecule has 0 bridgehead atoms. The first-order valence-corrected chi connectivity index (χ1v) is 5.00. The predicted octanol–water partition coefficient (Wildman–Crippen LogP) is 3.61. The van der Waals surface area contributed by atoms with Gasteiger partial charge in [-0.3, -0.25) is 10.1 Å². The van der Waals surface area contributed by atoms with E-state index in [0.29, 0.717) is 5.02 Å². The summed E-state index contributed by atoms with van der Waals surface area (Å²) in [6.07, 6.45) is 1.57. The van der Waals surface area contributed by atoms with Gasteiger partial charge in [0.1, 0.15) is 0 Å². The zero-order valence-electron chi connectivity index (χ0n) is 8.61. The molecule has 1 aromatic rings. The van der Waals surface area contributed by atoms with Crippen LogP contribution >= 0.6 is 11.6 Å². The number of hydrogen-bond acceptors (Lipinski definition) is 2. The Labute approximate surface area is 93.5 Å². The van der Waals surface area contributed by atoms with Crippen LogP contribution in [0.5, 0.6) is 0 Å². The van der Waals surface area contributed by atoms with Crippen LogP contribution in [0.3, 0.4) is 0 Å². The van der Waals surface area contributed by atoms with Gasteiger partial charge in [-0.15, -0.1) is 0 Å². The van der Waals surface area contributed by atoms with E-state index in [1.165, 1.54) is 0 Å². The van der Waals surface area contributed by atoms with E-state index in [-0.39, 0.29) is 16.5 Å². The Kier molecular flexibility index (Phi) is 3.86. The molecule has 15 heavy (non-hydrogen) atoms. The molecule has 1 aromatic carbocycles. The summed E-state index contributed by atoms with van der Waals surface area (Å²) in [5.41, 5.74) is 0.997. The maximum Gasteiger partial charge on any atom is 0.249 e. The van der Waals surface area contributed by atoms with Crippen LogP contribution in [0.15, 0.2) is 30.0 Å². The van der Waals surface area contributed by atoms with Crippen LogP contribution in [0.25, 0.3) is 6.08 Å². The van der Waals surface area contributed by atoms with E-state index in [1.54, 1.807) is 44.2 Å². The molecule has 0 saturated carbocycles. The molecule has 0 radical (unpaired) electrons. The van der Waals surface area contributed by atoms with E-state index >= 15 is 0 Å². The number of halogens is 1. The van der Waals surface area contributed by atoms with Crippen LogP contribution in [0.4, 0.5) is 0 Å². The summed E-state index contributed by atoms with van der Waals surface area (Å²) >= 11 is 5.72. The molecule has 0 heterocycles. The van der Waals surface area contributed by atoms with Gasteiger partial charge in [0.05, 0.1) is 4.92 Å². The second-order valence-corrected chi connectivity index (χ2v) is 3.97. The molecule has 0 aliphatic carbocycles. The zero-order chi connectivity index (χ0) is 11.4. The van der Waals surface area contributed by atoms with Crippen LogP contribution in [0, 0.1) is 16.0 Å². The molecule has 0 aliphatic heterocycles. The Bertz CT molecular complexity index is 382. The van der Waals surface area contributed by atoms with Crippen LogP contribution in [-0.2, 0) is 0 Å². The minimum absolute atomic E-state index is 0.101. The molecule has 4 heteroatoms. The average Bonchev–Trinajstić information content (AvgIpc) is 2.15. The highest BCUT2D eigenvalue weighted by atomic mass is 35.5. The summed E-state index contributed by atoms with van der Waals surface area (Å²) in [4.78, 5) is 10.4. The van der Waals surface area contributed by atoms with Gasteiger partial charge in [-0.2, -0.15) is 0 Å². The quantitative estimate of drug-likeness (QED) is 0.583. The lowest BCUT2D eigenvalue weighted by Crippen LogP contribution is -2.05. The van der Waals surface area contributed by atoms with E-state index in [0.717, 1.165) is 5.56 Å². The van der Waals surface area contributed by atoms with Gasteiger partial charge in [-0.1, -0.05) is 37.6 Å². The summed E-state index contributed by atoms with van der Waals surface area (Å²) in [7, 11) is 0. The van der Waals surface area contributed by atoms with Crippen molar-refractivity contribution in [2.45, 2.75) is 13.8 Å². The Morgan fingerprint density at radius 2 is 1.93 bits per heavy atom. The van der Waals surface area contributed by atoms with Crippen molar-refractivity contribution in [3.05, 3.63) is 50.7 Å². The lowest BCUT2D eigenvalue weighted by Gasteiger charge is -2.01. The van der Waals surface area contributed by atoms with Crippen molar-refractivity contribution in [1.82, 2.24) is 0 Å². The Balaban J connectivity index is 3.02. The second-order valence-electron chi connectivity index (χ2n) is 3.53. The first-order valence-electron chi connectivity index (χ1n) is 4.62. The maximum atomic E-state index is 10.7. The third-order valence-electron chi connectivity index (χ3n) is 1.99. The molecule has 0 atom stereocenters. The molecule has 0 aromatic heterocycles. The minimum atomic E-state index is -0.348. The lowest BCUT2D eigenvalue weighted by atomic mass is 10.1. The van der Waals surface area contributed by atoms with Crippen LogP contribution in [-0.4, -0.2) is 4.92 Å². The van der Waals surface area contributed by atoms with Gasteiger partial charge in [0, 0.05) is 17.0 Å². The fourth-order valence-electron chi connectivity index (χ4n) is 1.16. The van der Waals surface area contributed by atoms with Crippen molar-refractivity contribution in [2.24, 2.45) is 5.92 Å². The second kappa shape index (κ2) is 4.94. The van der Waals surface area contributed by atoms with Gasteiger partial charge in [0.2, 0.25) is 5.70 Å². The summed E-state index contributed by atoms with van der Waals surface area (Å²) in [6.45, 7) is 3.59. The van der Waals surface area contributed by atoms with Crippen molar-refractivity contribution < 1.29 is 4.92 Å². The third-order valence-corrected chi connectivity index (χ3v) is 2.24. The van der Waals surface area contributed by atoms with Gasteiger partial charge in [0.25, 0.3) is 0 Å². The van der Waals surface area contributed by atoms with Gasteiger partial charge >= 0.3 is 0 Å². The van der Waals surface area contributed by atoms with Crippen LogP contribution in [0.2, 0.25) is 5.02 Å². The summed E-state index contributed by atoms with van der Waals surface area (Å²) in [5, 5.41) is 11.3. The number of nitro groups is 1. The normalized spacial score (nSPS) is 11.9. The van der Waals surface area contributed by atoms with Crippen molar-refractivity contribution in [1.29, 1.82) is 0 Å². The molecule has 0 unspecified atom stereocenters. The van der Waals surface area contributed by atoms with E-state index in [2.05, 4.69) is 0 Å². The van der Waals surface area contributed by atoms with E-state index in [4.69, 9.17) is 11.6 Å². The molecule has 1 rings (SSSR count). The molecule has 0 amide bonds. The summed E-state index contributed by atoms with van der Waals surface area (Å²) < 4.78 is 0. The number of nitrogens with zero attached hydrogens (tertiary/aromatic N) is 1. The van der Waals surface area contributed by atoms with Crippen molar-refractivity contribution in [3.8, 4) is 0 Å². The average molecular weight is 226 g/mol. The smallest absolute Gasteiger partial charge is 0.249 e. The number of benzene rings is 1. The Hall–Kier alpha value is -1.35. The monoisotopic (exact) mass is 225 g/mol. The van der Waals surface area contributed by atoms with Crippen molar-refractivity contribution >= 4 is 17.7 Å². The molecule has 0 saturated heterocycles. The Morgan fingerprint density at radius 3 is 2.33 bits per heavy atom. The highest BCUT2D eigenvalue weighted by Gasteiger charge is 2.15. The number of hydrogen-bond donors (Lipinski definition) is 0. The predicted molar refractivity (Wildman–Crippen MR) is 61.3 cm³/mol. The van der Waals surface area contributed by atoms with Crippen molar-refractivity contribution in [2.75, 3.05) is 0 Å².